The van der Waals surface area contributed by atoms with Gasteiger partial charge in [-0.15, -0.1) is 5.10 Å². The van der Waals surface area contributed by atoms with Crippen LogP contribution in [-0.2, 0) is 28.5 Å². The van der Waals surface area contributed by atoms with Crippen LogP contribution in [0.25, 0.3) is 0 Å². The minimum absolute atomic E-state index is 0.0185. The summed E-state index contributed by atoms with van der Waals surface area (Å²) in [5, 5.41) is 18.1. The Morgan fingerprint density at radius 2 is 2.11 bits per heavy atom. The molecule has 1 unspecified atom stereocenters. The first-order valence-corrected chi connectivity index (χ1v) is 8.37. The number of carbonyl (C=O) groups excluding carboxylic acids is 2. The average Bonchev–Trinajstić information content (AvgIpc) is 3.29. The van der Waals surface area contributed by atoms with Crippen LogP contribution in [-0.4, -0.2) is 51.1 Å². The molecule has 1 aromatic carbocycles. The maximum atomic E-state index is 14.6. The topological polar surface area (TPSA) is 91.6 Å². The largest absolute Gasteiger partial charge is 0.389 e. The van der Waals surface area contributed by atoms with E-state index in [0.717, 1.165) is 4.90 Å². The molecule has 0 radical (unpaired) electrons. The van der Waals surface area contributed by atoms with Gasteiger partial charge in [0.25, 0.3) is 0 Å². The maximum Gasteiger partial charge on any atom is 0.352 e. The second-order valence-electron chi connectivity index (χ2n) is 6.75. The van der Waals surface area contributed by atoms with Crippen molar-refractivity contribution in [2.45, 2.75) is 38.0 Å². The van der Waals surface area contributed by atoms with E-state index in [0.29, 0.717) is 5.69 Å². The van der Waals surface area contributed by atoms with Crippen LogP contribution in [0, 0.1) is 0 Å². The molecule has 142 valence electrons. The minimum atomic E-state index is -3.66. The summed E-state index contributed by atoms with van der Waals surface area (Å²) in [5.41, 5.74) is 0.257. The number of aliphatic hydroxyl groups is 1. The normalized spacial score (nSPS) is 21.4. The molecular weight excluding hydrogens is 360 g/mol. The van der Waals surface area contributed by atoms with Crippen molar-refractivity contribution >= 4 is 23.2 Å². The van der Waals surface area contributed by atoms with Crippen LogP contribution in [0.2, 0.25) is 0 Å². The van der Waals surface area contributed by atoms with Crippen LogP contribution < -0.4 is 9.80 Å². The van der Waals surface area contributed by atoms with Crippen LogP contribution in [0.3, 0.4) is 0 Å². The molecule has 2 aliphatic heterocycles. The summed E-state index contributed by atoms with van der Waals surface area (Å²) in [6, 6.07) is 2.21. The molecule has 2 atom stereocenters. The first-order valence-electron chi connectivity index (χ1n) is 8.37. The number of alkyl halides is 2. The summed E-state index contributed by atoms with van der Waals surface area (Å²) >= 11 is 0. The molecule has 10 heteroatoms. The van der Waals surface area contributed by atoms with Gasteiger partial charge in [-0.2, -0.15) is 8.78 Å². The Balaban J connectivity index is 1.77. The van der Waals surface area contributed by atoms with Crippen LogP contribution >= 0.6 is 0 Å². The fourth-order valence-corrected chi connectivity index (χ4v) is 3.95. The Morgan fingerprint density at radius 3 is 2.74 bits per heavy atom. The van der Waals surface area contributed by atoms with Gasteiger partial charge in [0.1, 0.15) is 0 Å². The Morgan fingerprint density at radius 1 is 1.41 bits per heavy atom. The predicted octanol–water partition coefficient (Wildman–Crippen LogP) is 0.685. The lowest BCUT2D eigenvalue weighted by Crippen LogP contribution is -2.45. The summed E-state index contributed by atoms with van der Waals surface area (Å²) in [4.78, 5) is 26.4. The average molecular weight is 377 g/mol. The van der Waals surface area contributed by atoms with Crippen molar-refractivity contribution in [3.8, 4) is 0 Å². The highest BCUT2D eigenvalue weighted by molar-refractivity contribution is 6.07. The van der Waals surface area contributed by atoms with Gasteiger partial charge in [0.2, 0.25) is 5.91 Å². The van der Waals surface area contributed by atoms with Gasteiger partial charge in [0, 0.05) is 25.9 Å². The van der Waals surface area contributed by atoms with Gasteiger partial charge >= 0.3 is 11.8 Å². The van der Waals surface area contributed by atoms with Gasteiger partial charge in [-0.05, 0) is 24.1 Å². The molecule has 1 aromatic heterocycles. The maximum absolute atomic E-state index is 14.6. The molecule has 8 nitrogen and oxygen atoms in total. The SMILES string of the molecule is CC(=O)N1c2ccc3c(c2C[C@H]1C(O)Cn1ccnn1)C(F)(F)C(=O)N3C. The van der Waals surface area contributed by atoms with E-state index >= 15 is 0 Å². The van der Waals surface area contributed by atoms with Gasteiger partial charge in [-0.3, -0.25) is 9.59 Å². The molecule has 1 N–H and O–H groups in total. The number of hydrogen-bond donors (Lipinski definition) is 1. The van der Waals surface area contributed by atoms with E-state index in [1.54, 1.807) is 12.3 Å². The summed E-state index contributed by atoms with van der Waals surface area (Å²) in [7, 11) is 1.29. The van der Waals surface area contributed by atoms with Gasteiger partial charge in [0.05, 0.1) is 36.1 Å². The fourth-order valence-electron chi connectivity index (χ4n) is 3.95. The Bertz CT molecular complexity index is 931. The third-order valence-electron chi connectivity index (χ3n) is 5.15. The van der Waals surface area contributed by atoms with Crippen molar-refractivity contribution in [1.29, 1.82) is 0 Å². The molecule has 0 aliphatic carbocycles. The molecule has 0 saturated heterocycles. The van der Waals surface area contributed by atoms with Gasteiger partial charge < -0.3 is 14.9 Å². The van der Waals surface area contributed by atoms with Crippen molar-refractivity contribution in [3.05, 3.63) is 35.7 Å². The lowest BCUT2D eigenvalue weighted by atomic mass is 9.97. The number of amides is 2. The van der Waals surface area contributed by atoms with Gasteiger partial charge in [0.15, 0.2) is 0 Å². The molecule has 27 heavy (non-hydrogen) atoms. The van der Waals surface area contributed by atoms with E-state index in [9.17, 15) is 23.5 Å². The lowest BCUT2D eigenvalue weighted by molar-refractivity contribution is -0.141. The standard InChI is InChI=1S/C17H17F2N5O3/c1-9(25)24-11-3-4-12-15(17(18,19)16(27)22(12)2)10(11)7-13(24)14(26)8-23-6-5-20-21-23/h3-6,13-14,26H,7-8H2,1-2H3/t13-,14?/m0/s1. The second-order valence-corrected chi connectivity index (χ2v) is 6.75. The van der Waals surface area contributed by atoms with Crippen molar-refractivity contribution in [1.82, 2.24) is 15.0 Å². The van der Waals surface area contributed by atoms with E-state index in [-0.39, 0.29) is 35.7 Å². The van der Waals surface area contributed by atoms with Crippen molar-refractivity contribution in [2.24, 2.45) is 0 Å². The number of aromatic nitrogens is 3. The number of hydrogen-bond acceptors (Lipinski definition) is 5. The molecular formula is C17H17F2N5O3. The predicted molar refractivity (Wildman–Crippen MR) is 90.4 cm³/mol. The molecule has 0 saturated carbocycles. The highest BCUT2D eigenvalue weighted by Gasteiger charge is 2.55. The second kappa shape index (κ2) is 5.81. The number of nitrogens with zero attached hydrogens (tertiary/aromatic N) is 5. The molecule has 2 aromatic rings. The first kappa shape index (κ1) is 17.5. The van der Waals surface area contributed by atoms with E-state index in [1.165, 1.54) is 35.8 Å². The summed E-state index contributed by atoms with van der Waals surface area (Å²) < 4.78 is 30.6. The Labute approximate surface area is 153 Å². The number of carbonyl (C=O) groups is 2. The zero-order chi connectivity index (χ0) is 19.5. The van der Waals surface area contributed by atoms with Crippen LogP contribution in [0.5, 0.6) is 0 Å². The van der Waals surface area contributed by atoms with E-state index in [1.807, 2.05) is 0 Å². The highest BCUT2D eigenvalue weighted by atomic mass is 19.3. The third kappa shape index (κ3) is 2.43. The Hall–Kier alpha value is -2.88. The molecule has 0 spiro atoms. The van der Waals surface area contributed by atoms with Gasteiger partial charge in [-0.1, -0.05) is 5.21 Å². The molecule has 2 aliphatic rings. The van der Waals surface area contributed by atoms with Crippen molar-refractivity contribution < 1.29 is 23.5 Å². The molecule has 0 bridgehead atoms. The number of anilines is 2. The van der Waals surface area contributed by atoms with Crippen LogP contribution in [0.15, 0.2) is 24.5 Å². The first-order chi connectivity index (χ1) is 12.7. The molecule has 4 rings (SSSR count). The fraction of sp³-hybridized carbons (Fsp3) is 0.412. The zero-order valence-electron chi connectivity index (χ0n) is 14.6. The molecule has 3 heterocycles. The van der Waals surface area contributed by atoms with E-state index < -0.39 is 24.0 Å². The minimum Gasteiger partial charge on any atom is -0.389 e. The van der Waals surface area contributed by atoms with E-state index in [4.69, 9.17) is 0 Å². The molecule has 0 fully saturated rings. The van der Waals surface area contributed by atoms with Crippen LogP contribution in [0.4, 0.5) is 20.2 Å². The third-order valence-corrected chi connectivity index (χ3v) is 5.15. The lowest BCUT2D eigenvalue weighted by Gasteiger charge is -2.28. The quantitative estimate of drug-likeness (QED) is 0.850. The molecule has 2 amide bonds. The van der Waals surface area contributed by atoms with Crippen molar-refractivity contribution in [2.75, 3.05) is 16.8 Å². The summed E-state index contributed by atoms with van der Waals surface area (Å²) in [5.74, 6) is -5.34. The monoisotopic (exact) mass is 377 g/mol. The smallest absolute Gasteiger partial charge is 0.352 e. The van der Waals surface area contributed by atoms with Crippen molar-refractivity contribution in [3.63, 3.8) is 0 Å². The number of fused-ring (bicyclic) bond motifs is 3. The highest BCUT2D eigenvalue weighted by Crippen LogP contribution is 2.50. The van der Waals surface area contributed by atoms with Crippen LogP contribution in [0.1, 0.15) is 18.1 Å². The number of halogens is 2. The number of likely N-dealkylation sites (N-methyl/N-ethyl adjacent to an activating group) is 1. The zero-order valence-corrected chi connectivity index (χ0v) is 14.6. The number of rotatable bonds is 3. The van der Waals surface area contributed by atoms with E-state index in [2.05, 4.69) is 10.3 Å². The summed E-state index contributed by atoms with van der Waals surface area (Å²) in [6.45, 7) is 1.37. The summed E-state index contributed by atoms with van der Waals surface area (Å²) in [6.07, 6.45) is 1.98. The number of aliphatic hydroxyl groups excluding tert-OH is 1. The number of benzene rings is 1. The Kier molecular flexibility index (Phi) is 3.77. The van der Waals surface area contributed by atoms with Gasteiger partial charge in [-0.25, -0.2) is 4.68 Å².